The molecule has 2 N–H and O–H groups in total. The monoisotopic (exact) mass is 446 g/mol. The van der Waals surface area contributed by atoms with E-state index in [0.29, 0.717) is 22.0 Å². The third-order valence-corrected chi connectivity index (χ3v) is 4.68. The zero-order valence-corrected chi connectivity index (χ0v) is 16.7. The number of anilines is 2. The number of carbonyl (C=O) groups is 2. The second kappa shape index (κ2) is 8.37. The van der Waals surface area contributed by atoms with Crippen molar-refractivity contribution >= 4 is 50.7 Å². The van der Waals surface area contributed by atoms with Crippen LogP contribution in [0.1, 0.15) is 23.3 Å². The van der Waals surface area contributed by atoms with Crippen molar-refractivity contribution in [2.75, 3.05) is 10.6 Å². The molecule has 0 fully saturated rings. The number of amides is 2. The highest BCUT2D eigenvalue weighted by molar-refractivity contribution is 9.10. The van der Waals surface area contributed by atoms with Gasteiger partial charge in [0.25, 0.3) is 5.91 Å². The van der Waals surface area contributed by atoms with Gasteiger partial charge in [0.2, 0.25) is 5.91 Å². The predicted octanol–water partition coefficient (Wildman–Crippen LogP) is 4.75. The van der Waals surface area contributed by atoms with Crippen molar-refractivity contribution in [1.82, 2.24) is 9.78 Å². The Kier molecular flexibility index (Phi) is 5.93. The van der Waals surface area contributed by atoms with Crippen LogP contribution in [0.4, 0.5) is 11.4 Å². The van der Waals surface area contributed by atoms with Crippen molar-refractivity contribution in [2.45, 2.75) is 13.0 Å². The molecule has 8 heteroatoms. The van der Waals surface area contributed by atoms with Gasteiger partial charge in [-0.15, -0.1) is 0 Å². The van der Waals surface area contributed by atoms with E-state index >= 15 is 0 Å². The van der Waals surface area contributed by atoms with E-state index in [1.807, 2.05) is 0 Å². The maximum absolute atomic E-state index is 12.5. The molecule has 0 aliphatic rings. The molecule has 0 spiro atoms. The zero-order valence-electron chi connectivity index (χ0n) is 14.3. The van der Waals surface area contributed by atoms with Crippen LogP contribution in [0.3, 0.4) is 0 Å². The van der Waals surface area contributed by atoms with Crippen LogP contribution < -0.4 is 10.6 Å². The molecule has 1 heterocycles. The molecule has 0 bridgehead atoms. The van der Waals surface area contributed by atoms with E-state index in [4.69, 9.17) is 11.6 Å². The van der Waals surface area contributed by atoms with Crippen molar-refractivity contribution < 1.29 is 9.59 Å². The Bertz CT molecular complexity index is 976. The molecule has 0 radical (unpaired) electrons. The van der Waals surface area contributed by atoms with Gasteiger partial charge in [-0.2, -0.15) is 5.10 Å². The lowest BCUT2D eigenvalue weighted by Gasteiger charge is -2.14. The first kappa shape index (κ1) is 19.1. The highest BCUT2D eigenvalue weighted by Crippen LogP contribution is 2.23. The molecule has 3 rings (SSSR count). The third kappa shape index (κ3) is 4.75. The Hall–Kier alpha value is -2.64. The number of hydrogen-bond acceptors (Lipinski definition) is 3. The molecule has 0 aliphatic heterocycles. The van der Waals surface area contributed by atoms with Crippen LogP contribution in [-0.2, 0) is 4.79 Å². The number of hydrogen-bond donors (Lipinski definition) is 2. The lowest BCUT2D eigenvalue weighted by molar-refractivity contribution is -0.119. The number of carbonyl (C=O) groups excluding carboxylic acids is 2. The number of nitrogens with zero attached hydrogens (tertiary/aromatic N) is 2. The maximum atomic E-state index is 12.5. The van der Waals surface area contributed by atoms with Crippen molar-refractivity contribution in [1.29, 1.82) is 0 Å². The Morgan fingerprint density at radius 3 is 2.56 bits per heavy atom. The average molecular weight is 448 g/mol. The quantitative estimate of drug-likeness (QED) is 0.592. The fraction of sp³-hybridized carbons (Fsp3) is 0.105. The first-order valence-electron chi connectivity index (χ1n) is 8.10. The summed E-state index contributed by atoms with van der Waals surface area (Å²) in [6.07, 6.45) is 3.34. The van der Waals surface area contributed by atoms with E-state index in [1.165, 1.54) is 0 Å². The number of benzene rings is 2. The number of halogens is 2. The standard InChI is InChI=1S/C19H16BrClN4O2/c1-12(25-9-3-8-22-25)18(26)23-14-4-2-5-15(11-14)24-19(27)16-10-13(20)6-7-17(16)21/h2-12H,1H3,(H,23,26)(H,24,27). The molecule has 2 aromatic carbocycles. The highest BCUT2D eigenvalue weighted by atomic mass is 79.9. The van der Waals surface area contributed by atoms with Gasteiger partial charge in [-0.3, -0.25) is 14.3 Å². The van der Waals surface area contributed by atoms with Crippen LogP contribution in [0.5, 0.6) is 0 Å². The lowest BCUT2D eigenvalue weighted by Crippen LogP contribution is -2.24. The smallest absolute Gasteiger partial charge is 0.257 e. The molecule has 1 atom stereocenters. The second-order valence-electron chi connectivity index (χ2n) is 5.81. The fourth-order valence-corrected chi connectivity index (χ4v) is 2.99. The molecule has 0 saturated heterocycles. The van der Waals surface area contributed by atoms with Gasteiger partial charge in [-0.05, 0) is 49.4 Å². The second-order valence-corrected chi connectivity index (χ2v) is 7.13. The van der Waals surface area contributed by atoms with Crippen molar-refractivity contribution in [3.8, 4) is 0 Å². The topological polar surface area (TPSA) is 76.0 Å². The van der Waals surface area contributed by atoms with Crippen molar-refractivity contribution in [3.63, 3.8) is 0 Å². The SMILES string of the molecule is CC(C(=O)Nc1cccc(NC(=O)c2cc(Br)ccc2Cl)c1)n1cccn1. The molecular weight excluding hydrogens is 432 g/mol. The van der Waals surface area contributed by atoms with Gasteiger partial charge >= 0.3 is 0 Å². The minimum Gasteiger partial charge on any atom is -0.324 e. The summed E-state index contributed by atoms with van der Waals surface area (Å²) in [6.45, 7) is 1.75. The van der Waals surface area contributed by atoms with Crippen LogP contribution in [-0.4, -0.2) is 21.6 Å². The molecule has 2 amide bonds. The van der Waals surface area contributed by atoms with E-state index in [1.54, 1.807) is 72.5 Å². The van der Waals surface area contributed by atoms with Gasteiger partial charge in [0.05, 0.1) is 10.6 Å². The molecule has 1 aromatic heterocycles. The predicted molar refractivity (Wildman–Crippen MR) is 109 cm³/mol. The lowest BCUT2D eigenvalue weighted by atomic mass is 10.2. The van der Waals surface area contributed by atoms with Crippen molar-refractivity contribution in [2.24, 2.45) is 0 Å². The highest BCUT2D eigenvalue weighted by Gasteiger charge is 2.16. The molecule has 138 valence electrons. The average Bonchev–Trinajstić information content (AvgIpc) is 3.18. The molecule has 6 nitrogen and oxygen atoms in total. The molecular formula is C19H16BrClN4O2. The summed E-state index contributed by atoms with van der Waals surface area (Å²) in [5.41, 5.74) is 1.46. The van der Waals surface area contributed by atoms with Gasteiger partial charge in [-0.1, -0.05) is 33.6 Å². The Morgan fingerprint density at radius 1 is 1.11 bits per heavy atom. The Morgan fingerprint density at radius 2 is 1.85 bits per heavy atom. The normalized spacial score (nSPS) is 11.7. The minimum atomic E-state index is -0.460. The summed E-state index contributed by atoms with van der Waals surface area (Å²) in [5, 5.41) is 10.0. The van der Waals surface area contributed by atoms with Gasteiger partial charge in [0.15, 0.2) is 0 Å². The van der Waals surface area contributed by atoms with E-state index < -0.39 is 6.04 Å². The largest absolute Gasteiger partial charge is 0.324 e. The van der Waals surface area contributed by atoms with Crippen LogP contribution in [0, 0.1) is 0 Å². The third-order valence-electron chi connectivity index (χ3n) is 3.86. The van der Waals surface area contributed by atoms with E-state index in [0.717, 1.165) is 4.47 Å². The molecule has 27 heavy (non-hydrogen) atoms. The number of rotatable bonds is 5. The van der Waals surface area contributed by atoms with E-state index in [2.05, 4.69) is 31.7 Å². The first-order chi connectivity index (χ1) is 12.9. The minimum absolute atomic E-state index is 0.211. The summed E-state index contributed by atoms with van der Waals surface area (Å²) in [4.78, 5) is 24.8. The van der Waals surface area contributed by atoms with E-state index in [9.17, 15) is 9.59 Å². The van der Waals surface area contributed by atoms with Crippen molar-refractivity contribution in [3.05, 3.63) is 76.0 Å². The Balaban J connectivity index is 1.71. The van der Waals surface area contributed by atoms with Crippen LogP contribution in [0.25, 0.3) is 0 Å². The zero-order chi connectivity index (χ0) is 19.4. The van der Waals surface area contributed by atoms with Crippen LogP contribution >= 0.6 is 27.5 Å². The van der Waals surface area contributed by atoms with Gasteiger partial charge in [0, 0.05) is 28.2 Å². The summed E-state index contributed by atoms with van der Waals surface area (Å²) >= 11 is 9.42. The van der Waals surface area contributed by atoms with Gasteiger partial charge < -0.3 is 10.6 Å². The van der Waals surface area contributed by atoms with Gasteiger partial charge in [0.1, 0.15) is 6.04 Å². The Labute approximate surface area is 169 Å². The maximum Gasteiger partial charge on any atom is 0.257 e. The van der Waals surface area contributed by atoms with E-state index in [-0.39, 0.29) is 11.8 Å². The fourth-order valence-electron chi connectivity index (χ4n) is 2.42. The number of aromatic nitrogens is 2. The van der Waals surface area contributed by atoms with Gasteiger partial charge in [-0.25, -0.2) is 0 Å². The summed E-state index contributed by atoms with van der Waals surface area (Å²) in [5.74, 6) is -0.549. The summed E-state index contributed by atoms with van der Waals surface area (Å²) in [7, 11) is 0. The van der Waals surface area contributed by atoms with Crippen LogP contribution in [0.2, 0.25) is 5.02 Å². The first-order valence-corrected chi connectivity index (χ1v) is 9.27. The summed E-state index contributed by atoms with van der Waals surface area (Å²) < 4.78 is 2.32. The molecule has 3 aromatic rings. The molecule has 0 aliphatic carbocycles. The molecule has 1 unspecified atom stereocenters. The molecule has 0 saturated carbocycles. The number of nitrogens with one attached hydrogen (secondary N) is 2. The van der Waals surface area contributed by atoms with Crippen LogP contribution in [0.15, 0.2) is 65.4 Å². The summed E-state index contributed by atoms with van der Waals surface area (Å²) in [6, 6.07) is 13.3.